The Labute approximate surface area is 105 Å². The van der Waals surface area contributed by atoms with E-state index < -0.39 is 0 Å². The lowest BCUT2D eigenvalue weighted by molar-refractivity contribution is -0.203. The Balaban J connectivity index is 2.01. The maximum absolute atomic E-state index is 5.66. The molecule has 1 aliphatic heterocycles. The lowest BCUT2D eigenvalue weighted by atomic mass is 9.67. The van der Waals surface area contributed by atoms with Gasteiger partial charge < -0.3 is 9.47 Å². The van der Waals surface area contributed by atoms with E-state index in [2.05, 4.69) is 20.4 Å². The highest BCUT2D eigenvalue weighted by Gasteiger charge is 2.36. The molecule has 1 aliphatic carbocycles. The van der Waals surface area contributed by atoms with Crippen LogP contribution in [0.3, 0.4) is 0 Å². The first-order valence-electron chi connectivity index (χ1n) is 6.96. The molecule has 0 unspecified atom stereocenters. The summed E-state index contributed by atoms with van der Waals surface area (Å²) in [4.78, 5) is 0. The van der Waals surface area contributed by atoms with Gasteiger partial charge in [-0.3, -0.25) is 0 Å². The van der Waals surface area contributed by atoms with Gasteiger partial charge in [-0.15, -0.1) is 0 Å². The molecule has 1 heterocycles. The second kappa shape index (κ2) is 5.53. The third-order valence-electron chi connectivity index (χ3n) is 4.49. The van der Waals surface area contributed by atoms with E-state index in [1.54, 1.807) is 0 Å². The molecule has 1 saturated heterocycles. The average Bonchev–Trinajstić information content (AvgIpc) is 2.29. The molecule has 0 amide bonds. The molecule has 0 bridgehead atoms. The molecule has 2 heteroatoms. The van der Waals surface area contributed by atoms with Gasteiger partial charge in [0, 0.05) is 5.92 Å². The van der Waals surface area contributed by atoms with Crippen molar-refractivity contribution in [2.45, 2.75) is 46.3 Å². The molecule has 0 radical (unpaired) electrons. The summed E-state index contributed by atoms with van der Waals surface area (Å²) in [5.41, 5.74) is 1.35. The molecule has 0 aromatic heterocycles. The highest BCUT2D eigenvalue weighted by Crippen LogP contribution is 2.42. The van der Waals surface area contributed by atoms with Crippen LogP contribution < -0.4 is 0 Å². The van der Waals surface area contributed by atoms with Gasteiger partial charge in [0.1, 0.15) is 0 Å². The third-order valence-corrected chi connectivity index (χ3v) is 4.49. The van der Waals surface area contributed by atoms with Crippen LogP contribution in [0, 0.1) is 23.7 Å². The predicted octanol–water partition coefficient (Wildman–Crippen LogP) is 3.62. The van der Waals surface area contributed by atoms with Crippen LogP contribution in [0.5, 0.6) is 0 Å². The second-order valence-electron chi connectivity index (χ2n) is 6.03. The Morgan fingerprint density at radius 3 is 2.35 bits per heavy atom. The largest absolute Gasteiger partial charge is 0.353 e. The zero-order chi connectivity index (χ0) is 12.4. The van der Waals surface area contributed by atoms with E-state index in [1.165, 1.54) is 24.8 Å². The van der Waals surface area contributed by atoms with Crippen molar-refractivity contribution in [3.05, 3.63) is 12.2 Å². The van der Waals surface area contributed by atoms with Crippen LogP contribution >= 0.6 is 0 Å². The number of rotatable bonds is 2. The summed E-state index contributed by atoms with van der Waals surface area (Å²) in [5.74, 6) is 2.80. The Morgan fingerprint density at radius 2 is 1.76 bits per heavy atom. The SMILES string of the molecule is C=C(C)[C@@H]1CC[C@@H](C)C[C@H]1C1COC(C)OC1. The van der Waals surface area contributed by atoms with Crippen molar-refractivity contribution in [2.24, 2.45) is 23.7 Å². The van der Waals surface area contributed by atoms with Crippen LogP contribution in [-0.4, -0.2) is 19.5 Å². The van der Waals surface area contributed by atoms with Crippen LogP contribution in [0.25, 0.3) is 0 Å². The summed E-state index contributed by atoms with van der Waals surface area (Å²) in [5, 5.41) is 0. The first-order valence-corrected chi connectivity index (χ1v) is 6.96. The van der Waals surface area contributed by atoms with E-state index in [0.29, 0.717) is 17.8 Å². The van der Waals surface area contributed by atoms with E-state index in [-0.39, 0.29) is 6.29 Å². The normalized spacial score (nSPS) is 43.4. The van der Waals surface area contributed by atoms with Gasteiger partial charge in [-0.05, 0) is 44.4 Å². The zero-order valence-corrected chi connectivity index (χ0v) is 11.4. The minimum Gasteiger partial charge on any atom is -0.353 e. The summed E-state index contributed by atoms with van der Waals surface area (Å²) in [6.07, 6.45) is 3.94. The van der Waals surface area contributed by atoms with E-state index >= 15 is 0 Å². The first-order chi connectivity index (χ1) is 8.08. The molecule has 17 heavy (non-hydrogen) atoms. The number of ether oxygens (including phenoxy) is 2. The summed E-state index contributed by atoms with van der Waals surface area (Å²) in [6.45, 7) is 12.4. The van der Waals surface area contributed by atoms with Crippen molar-refractivity contribution >= 4 is 0 Å². The average molecular weight is 238 g/mol. The fourth-order valence-corrected chi connectivity index (χ4v) is 3.42. The van der Waals surface area contributed by atoms with Crippen molar-refractivity contribution in [3.63, 3.8) is 0 Å². The minimum absolute atomic E-state index is 0.0180. The van der Waals surface area contributed by atoms with Crippen LogP contribution in [0.15, 0.2) is 12.2 Å². The van der Waals surface area contributed by atoms with Gasteiger partial charge in [-0.25, -0.2) is 0 Å². The van der Waals surface area contributed by atoms with Crippen LogP contribution in [-0.2, 0) is 9.47 Å². The van der Waals surface area contributed by atoms with E-state index in [4.69, 9.17) is 9.47 Å². The molecular formula is C15H26O2. The minimum atomic E-state index is -0.0180. The highest BCUT2D eigenvalue weighted by atomic mass is 16.7. The Morgan fingerprint density at radius 1 is 1.12 bits per heavy atom. The standard InChI is InChI=1S/C15H26O2/c1-10(2)14-6-5-11(3)7-15(14)13-8-16-12(4)17-9-13/h11-15H,1,5-9H2,2-4H3/t11-,12?,13?,14+,15+/m1/s1. The Hall–Kier alpha value is -0.340. The lowest BCUT2D eigenvalue weighted by Crippen LogP contribution is -2.40. The fraction of sp³-hybridized carbons (Fsp3) is 0.867. The van der Waals surface area contributed by atoms with Gasteiger partial charge in [0.15, 0.2) is 6.29 Å². The molecular weight excluding hydrogens is 212 g/mol. The molecule has 98 valence electrons. The molecule has 2 fully saturated rings. The maximum atomic E-state index is 5.66. The smallest absolute Gasteiger partial charge is 0.154 e. The van der Waals surface area contributed by atoms with E-state index in [9.17, 15) is 0 Å². The predicted molar refractivity (Wildman–Crippen MR) is 69.7 cm³/mol. The molecule has 0 N–H and O–H groups in total. The molecule has 0 aromatic rings. The molecule has 2 nitrogen and oxygen atoms in total. The third kappa shape index (κ3) is 3.11. The van der Waals surface area contributed by atoms with E-state index in [1.807, 2.05) is 6.92 Å². The van der Waals surface area contributed by atoms with Gasteiger partial charge >= 0.3 is 0 Å². The monoisotopic (exact) mass is 238 g/mol. The topological polar surface area (TPSA) is 18.5 Å². The quantitative estimate of drug-likeness (QED) is 0.684. The van der Waals surface area contributed by atoms with Gasteiger partial charge in [0.25, 0.3) is 0 Å². The first kappa shape index (κ1) is 13.1. The van der Waals surface area contributed by atoms with Crippen molar-refractivity contribution in [1.82, 2.24) is 0 Å². The number of allylic oxidation sites excluding steroid dienone is 1. The summed E-state index contributed by atoms with van der Waals surface area (Å²) in [6, 6.07) is 0. The van der Waals surface area contributed by atoms with Crippen LogP contribution in [0.1, 0.15) is 40.0 Å². The van der Waals surface area contributed by atoms with Gasteiger partial charge in [-0.1, -0.05) is 25.5 Å². The summed E-state index contributed by atoms with van der Waals surface area (Å²) < 4.78 is 11.3. The molecule has 0 spiro atoms. The highest BCUT2D eigenvalue weighted by molar-refractivity contribution is 5.02. The van der Waals surface area contributed by atoms with Crippen LogP contribution in [0.2, 0.25) is 0 Å². The fourth-order valence-electron chi connectivity index (χ4n) is 3.42. The van der Waals surface area contributed by atoms with Crippen molar-refractivity contribution < 1.29 is 9.47 Å². The number of hydrogen-bond donors (Lipinski definition) is 0. The van der Waals surface area contributed by atoms with Gasteiger partial charge in [0.05, 0.1) is 13.2 Å². The molecule has 1 saturated carbocycles. The zero-order valence-electron chi connectivity index (χ0n) is 11.4. The lowest BCUT2D eigenvalue weighted by Gasteiger charge is -2.42. The van der Waals surface area contributed by atoms with Crippen molar-refractivity contribution in [1.29, 1.82) is 0 Å². The second-order valence-corrected chi connectivity index (χ2v) is 6.03. The molecule has 0 aromatic carbocycles. The van der Waals surface area contributed by atoms with Crippen molar-refractivity contribution in [3.8, 4) is 0 Å². The van der Waals surface area contributed by atoms with Crippen LogP contribution in [0.4, 0.5) is 0 Å². The van der Waals surface area contributed by atoms with E-state index in [0.717, 1.165) is 19.1 Å². The molecule has 2 rings (SSSR count). The Kier molecular flexibility index (Phi) is 4.26. The maximum Gasteiger partial charge on any atom is 0.154 e. The summed E-state index contributed by atoms with van der Waals surface area (Å²) >= 11 is 0. The summed E-state index contributed by atoms with van der Waals surface area (Å²) in [7, 11) is 0. The van der Waals surface area contributed by atoms with Crippen molar-refractivity contribution in [2.75, 3.05) is 13.2 Å². The molecule has 2 aliphatic rings. The number of hydrogen-bond acceptors (Lipinski definition) is 2. The molecule has 3 atom stereocenters. The van der Waals surface area contributed by atoms with Gasteiger partial charge in [-0.2, -0.15) is 0 Å². The van der Waals surface area contributed by atoms with Gasteiger partial charge in [0.2, 0.25) is 0 Å². The Bertz CT molecular complexity index is 266.